The van der Waals surface area contributed by atoms with Crippen LogP contribution in [0.2, 0.25) is 0 Å². The third-order valence-corrected chi connectivity index (χ3v) is 7.29. The van der Waals surface area contributed by atoms with Gasteiger partial charge in [0, 0.05) is 75.5 Å². The molecule has 4 nitrogen and oxygen atoms in total. The van der Waals surface area contributed by atoms with Crippen molar-refractivity contribution in [2.24, 2.45) is 11.8 Å². The number of hydrogen-bond donors (Lipinski definition) is 0. The van der Waals surface area contributed by atoms with Crippen molar-refractivity contribution in [3.63, 3.8) is 0 Å². The van der Waals surface area contributed by atoms with Crippen LogP contribution in [0.4, 0.5) is 0 Å². The Morgan fingerprint density at radius 1 is 0.520 bits per heavy atom. The predicted octanol–water partition coefficient (Wildman–Crippen LogP) is 2.21. The minimum absolute atomic E-state index is 0.343. The minimum atomic E-state index is 0.343. The lowest BCUT2D eigenvalue weighted by molar-refractivity contribution is -0.0971. The van der Waals surface area contributed by atoms with Crippen LogP contribution in [0, 0.1) is 11.8 Å². The number of nitrogens with zero attached hydrogens (tertiary/aromatic N) is 4. The number of fused-ring (bicyclic) bond motifs is 2. The molecule has 4 fully saturated rings. The molecule has 4 saturated heterocycles. The van der Waals surface area contributed by atoms with E-state index >= 15 is 0 Å². The zero-order valence-electron chi connectivity index (χ0n) is 17.5. The number of piperidine rings is 2. The summed E-state index contributed by atoms with van der Waals surface area (Å²) in [7, 11) is 0. The Labute approximate surface area is 155 Å². The Balaban J connectivity index is 1.24. The highest BCUT2D eigenvalue weighted by molar-refractivity contribution is 5.02. The van der Waals surface area contributed by atoms with E-state index < -0.39 is 0 Å². The molecule has 0 aromatic carbocycles. The lowest BCUT2D eigenvalue weighted by atomic mass is 9.81. The number of rotatable bonds is 2. The van der Waals surface area contributed by atoms with E-state index in [1.54, 1.807) is 0 Å². The highest BCUT2D eigenvalue weighted by Crippen LogP contribution is 2.35. The summed E-state index contributed by atoms with van der Waals surface area (Å²) in [6, 6.07) is 1.67. The van der Waals surface area contributed by atoms with Gasteiger partial charge in [0.25, 0.3) is 0 Å². The summed E-state index contributed by atoms with van der Waals surface area (Å²) in [5.41, 5.74) is 0.694. The van der Waals surface area contributed by atoms with E-state index in [9.17, 15) is 0 Å². The van der Waals surface area contributed by atoms with Crippen LogP contribution in [0.3, 0.4) is 0 Å². The van der Waals surface area contributed by atoms with Crippen LogP contribution in [-0.2, 0) is 0 Å². The van der Waals surface area contributed by atoms with E-state index in [1.807, 2.05) is 0 Å². The third kappa shape index (κ3) is 3.65. The van der Waals surface area contributed by atoms with E-state index in [1.165, 1.54) is 58.8 Å². The van der Waals surface area contributed by atoms with Crippen LogP contribution >= 0.6 is 0 Å². The zero-order chi connectivity index (χ0) is 18.0. The van der Waals surface area contributed by atoms with Gasteiger partial charge in [-0.3, -0.25) is 19.6 Å². The summed E-state index contributed by atoms with van der Waals surface area (Å²) in [4.78, 5) is 11.0. The standard InChI is InChI=1S/C21H40N4/c1-20(2,3)24-10-16-7-17(11-24)9-22(8-16)18-12-23(13-18)19-14-25(15-19)21(4,5)6/h16-19H,7-15H2,1-6H3. The van der Waals surface area contributed by atoms with Crippen molar-refractivity contribution in [2.45, 2.75) is 71.1 Å². The average Bonchev–Trinajstić information content (AvgIpc) is 2.35. The molecular formula is C21H40N4. The largest absolute Gasteiger partial charge is 0.298 e. The first kappa shape index (κ1) is 18.2. The van der Waals surface area contributed by atoms with Crippen molar-refractivity contribution in [3.8, 4) is 0 Å². The van der Waals surface area contributed by atoms with Crippen LogP contribution in [0.25, 0.3) is 0 Å². The van der Waals surface area contributed by atoms with Crippen molar-refractivity contribution in [3.05, 3.63) is 0 Å². The van der Waals surface area contributed by atoms with Gasteiger partial charge < -0.3 is 0 Å². The second kappa shape index (κ2) is 6.19. The molecule has 2 bridgehead atoms. The van der Waals surface area contributed by atoms with Gasteiger partial charge in [-0.15, -0.1) is 0 Å². The fourth-order valence-electron chi connectivity index (χ4n) is 5.42. The van der Waals surface area contributed by atoms with E-state index in [2.05, 4.69) is 61.1 Å². The summed E-state index contributed by atoms with van der Waals surface area (Å²) in [5, 5.41) is 0. The second-order valence-electron chi connectivity index (χ2n) is 11.3. The molecule has 2 unspecified atom stereocenters. The average molecular weight is 349 g/mol. The molecular weight excluding hydrogens is 308 g/mol. The molecule has 4 aliphatic heterocycles. The summed E-state index contributed by atoms with van der Waals surface area (Å²) in [6.07, 6.45) is 1.47. The van der Waals surface area contributed by atoms with Gasteiger partial charge in [0.05, 0.1) is 0 Å². The first-order chi connectivity index (χ1) is 11.6. The molecule has 4 aliphatic rings. The van der Waals surface area contributed by atoms with Gasteiger partial charge in [-0.1, -0.05) is 0 Å². The molecule has 0 saturated carbocycles. The molecule has 4 rings (SSSR count). The Morgan fingerprint density at radius 2 is 0.920 bits per heavy atom. The molecule has 4 heterocycles. The first-order valence-electron chi connectivity index (χ1n) is 10.6. The summed E-state index contributed by atoms with van der Waals surface area (Å²) >= 11 is 0. The Kier molecular flexibility index (Phi) is 4.51. The van der Waals surface area contributed by atoms with Gasteiger partial charge >= 0.3 is 0 Å². The van der Waals surface area contributed by atoms with E-state index in [-0.39, 0.29) is 0 Å². The van der Waals surface area contributed by atoms with Crippen LogP contribution in [-0.4, -0.2) is 95.1 Å². The van der Waals surface area contributed by atoms with Crippen molar-refractivity contribution in [2.75, 3.05) is 52.4 Å². The monoisotopic (exact) mass is 348 g/mol. The molecule has 2 atom stereocenters. The normalized spacial score (nSPS) is 34.8. The van der Waals surface area contributed by atoms with Gasteiger partial charge in [0.1, 0.15) is 0 Å². The molecule has 0 amide bonds. The smallest absolute Gasteiger partial charge is 0.0352 e. The zero-order valence-corrected chi connectivity index (χ0v) is 17.5. The Bertz CT molecular complexity index is 465. The molecule has 0 aromatic heterocycles. The lowest BCUT2D eigenvalue weighted by Gasteiger charge is -2.59. The molecule has 0 spiro atoms. The Hall–Kier alpha value is -0.160. The maximum Gasteiger partial charge on any atom is 0.0352 e. The number of likely N-dealkylation sites (tertiary alicyclic amines) is 4. The summed E-state index contributed by atoms with van der Waals surface area (Å²) in [6.45, 7) is 24.7. The predicted molar refractivity (Wildman–Crippen MR) is 105 cm³/mol. The van der Waals surface area contributed by atoms with Gasteiger partial charge in [-0.05, 0) is 59.8 Å². The van der Waals surface area contributed by atoms with Gasteiger partial charge in [-0.2, -0.15) is 0 Å². The van der Waals surface area contributed by atoms with Crippen molar-refractivity contribution in [1.29, 1.82) is 0 Å². The van der Waals surface area contributed by atoms with E-state index in [0.29, 0.717) is 11.1 Å². The number of hydrogen-bond acceptors (Lipinski definition) is 4. The molecule has 0 radical (unpaired) electrons. The Morgan fingerprint density at radius 3 is 1.40 bits per heavy atom. The van der Waals surface area contributed by atoms with Crippen LogP contribution in [0.5, 0.6) is 0 Å². The topological polar surface area (TPSA) is 13.0 Å². The van der Waals surface area contributed by atoms with Crippen molar-refractivity contribution in [1.82, 2.24) is 19.6 Å². The molecule has 144 valence electrons. The van der Waals surface area contributed by atoms with Crippen molar-refractivity contribution < 1.29 is 0 Å². The fraction of sp³-hybridized carbons (Fsp3) is 1.00. The molecule has 4 heteroatoms. The van der Waals surface area contributed by atoms with Crippen LogP contribution in [0.1, 0.15) is 48.0 Å². The quantitative estimate of drug-likeness (QED) is 0.758. The van der Waals surface area contributed by atoms with Gasteiger partial charge in [0.2, 0.25) is 0 Å². The molecule has 25 heavy (non-hydrogen) atoms. The first-order valence-corrected chi connectivity index (χ1v) is 10.6. The fourth-order valence-corrected chi connectivity index (χ4v) is 5.42. The summed E-state index contributed by atoms with van der Waals surface area (Å²) < 4.78 is 0. The summed E-state index contributed by atoms with van der Waals surface area (Å²) in [5.74, 6) is 1.81. The van der Waals surface area contributed by atoms with E-state index in [0.717, 1.165) is 23.9 Å². The molecule has 0 N–H and O–H groups in total. The SMILES string of the molecule is CC(C)(C)N1CC2CC(CN(C3CN(C4CN(C(C)(C)C)C4)C3)C2)C1. The van der Waals surface area contributed by atoms with Gasteiger partial charge in [-0.25, -0.2) is 0 Å². The highest BCUT2D eigenvalue weighted by Gasteiger charge is 2.46. The van der Waals surface area contributed by atoms with Crippen LogP contribution < -0.4 is 0 Å². The lowest BCUT2D eigenvalue weighted by Crippen LogP contribution is -2.72. The maximum absolute atomic E-state index is 2.86. The maximum atomic E-state index is 2.86. The molecule has 0 aliphatic carbocycles. The second-order valence-corrected chi connectivity index (χ2v) is 11.3. The van der Waals surface area contributed by atoms with E-state index in [4.69, 9.17) is 0 Å². The van der Waals surface area contributed by atoms with Crippen LogP contribution in [0.15, 0.2) is 0 Å². The van der Waals surface area contributed by atoms with Crippen molar-refractivity contribution >= 4 is 0 Å². The van der Waals surface area contributed by atoms with Gasteiger partial charge in [0.15, 0.2) is 0 Å². The third-order valence-electron chi connectivity index (χ3n) is 7.29. The minimum Gasteiger partial charge on any atom is -0.298 e. The molecule has 0 aromatic rings. The highest BCUT2D eigenvalue weighted by atomic mass is 15.4.